The third-order valence-electron chi connectivity index (χ3n) is 5.14. The average Bonchev–Trinajstić information content (AvgIpc) is 3.13. The van der Waals surface area contributed by atoms with Crippen LogP contribution in [0.25, 0.3) is 20.2 Å². The summed E-state index contributed by atoms with van der Waals surface area (Å²) in [4.78, 5) is 26.1. The number of hydrogen-bond donors (Lipinski definition) is 1. The Morgan fingerprint density at radius 3 is 2.62 bits per heavy atom. The molecule has 2 aromatic heterocycles. The summed E-state index contributed by atoms with van der Waals surface area (Å²) in [6.07, 6.45) is 1.25. The van der Waals surface area contributed by atoms with E-state index in [0.717, 1.165) is 32.5 Å². The number of hydrogen-bond acceptors (Lipinski definition) is 4. The van der Waals surface area contributed by atoms with Crippen LogP contribution in [0.2, 0.25) is 0 Å². The first-order valence-corrected chi connectivity index (χ1v) is 10.6. The molecule has 148 valence electrons. The molecule has 0 unspecified atom stereocenters. The zero-order chi connectivity index (χ0) is 20.4. The molecule has 0 spiro atoms. The highest BCUT2D eigenvalue weighted by Gasteiger charge is 2.23. The fraction of sp³-hybridized carbons (Fsp3) is 0.261. The maximum Gasteiger partial charge on any atom is 0.276 e. The fourth-order valence-corrected chi connectivity index (χ4v) is 4.79. The van der Waals surface area contributed by atoms with E-state index in [0.29, 0.717) is 18.4 Å². The molecule has 1 atom stereocenters. The molecule has 0 bridgehead atoms. The van der Waals surface area contributed by atoms with Gasteiger partial charge in [-0.1, -0.05) is 55.5 Å². The predicted octanol–water partition coefficient (Wildman–Crippen LogP) is 4.23. The molecule has 5 nitrogen and oxygen atoms in total. The van der Waals surface area contributed by atoms with E-state index in [1.54, 1.807) is 11.3 Å². The molecule has 0 saturated carbocycles. The van der Waals surface area contributed by atoms with Gasteiger partial charge in [0.25, 0.3) is 5.56 Å². The smallest absolute Gasteiger partial charge is 0.276 e. The van der Waals surface area contributed by atoms with Crippen molar-refractivity contribution in [3.8, 4) is 0 Å². The van der Waals surface area contributed by atoms with Gasteiger partial charge in [-0.3, -0.25) is 9.59 Å². The molecule has 0 aliphatic rings. The lowest BCUT2D eigenvalue weighted by Crippen LogP contribution is -2.39. The van der Waals surface area contributed by atoms with Crippen LogP contribution >= 0.6 is 11.3 Å². The highest BCUT2D eigenvalue weighted by Crippen LogP contribution is 2.33. The van der Waals surface area contributed by atoms with Gasteiger partial charge in [-0.2, -0.15) is 5.10 Å². The van der Waals surface area contributed by atoms with E-state index in [1.165, 1.54) is 4.68 Å². The van der Waals surface area contributed by atoms with Gasteiger partial charge >= 0.3 is 0 Å². The second-order valence-electron chi connectivity index (χ2n) is 7.09. The zero-order valence-electron chi connectivity index (χ0n) is 16.5. The SMILES string of the molecule is CC[C@@H](C(=O)NCCc1ccccc1)n1nc(C)c2sc3ccccc3c2c1=O. The molecule has 2 aromatic carbocycles. The number of aromatic nitrogens is 2. The Labute approximate surface area is 173 Å². The molecule has 0 radical (unpaired) electrons. The van der Waals surface area contributed by atoms with Gasteiger partial charge in [0.1, 0.15) is 6.04 Å². The number of carbonyl (C=O) groups is 1. The Balaban J connectivity index is 1.64. The van der Waals surface area contributed by atoms with Gasteiger partial charge < -0.3 is 5.32 Å². The van der Waals surface area contributed by atoms with Crippen LogP contribution in [0.5, 0.6) is 0 Å². The summed E-state index contributed by atoms with van der Waals surface area (Å²) in [6.45, 7) is 4.32. The number of aryl methyl sites for hydroxylation is 1. The van der Waals surface area contributed by atoms with Gasteiger partial charge in [0.05, 0.1) is 15.8 Å². The third kappa shape index (κ3) is 3.68. The number of thiophene rings is 1. The summed E-state index contributed by atoms with van der Waals surface area (Å²) in [7, 11) is 0. The maximum absolute atomic E-state index is 13.3. The van der Waals surface area contributed by atoms with Crippen molar-refractivity contribution in [1.29, 1.82) is 0 Å². The number of benzene rings is 2. The Kier molecular flexibility index (Phi) is 5.45. The molecule has 0 saturated heterocycles. The molecule has 0 fully saturated rings. The van der Waals surface area contributed by atoms with Crippen LogP contribution in [-0.4, -0.2) is 22.2 Å². The highest BCUT2D eigenvalue weighted by atomic mass is 32.1. The first kappa shape index (κ1) is 19.3. The van der Waals surface area contributed by atoms with Crippen LogP contribution < -0.4 is 10.9 Å². The molecule has 29 heavy (non-hydrogen) atoms. The van der Waals surface area contributed by atoms with Gasteiger partial charge in [-0.25, -0.2) is 4.68 Å². The van der Waals surface area contributed by atoms with Crippen LogP contribution in [0.1, 0.15) is 30.6 Å². The van der Waals surface area contributed by atoms with Crippen LogP contribution in [0.15, 0.2) is 59.4 Å². The van der Waals surface area contributed by atoms with Crippen LogP contribution in [0.3, 0.4) is 0 Å². The minimum Gasteiger partial charge on any atom is -0.354 e. The molecular formula is C23H23N3O2S. The van der Waals surface area contributed by atoms with E-state index >= 15 is 0 Å². The molecule has 4 aromatic rings. The first-order valence-electron chi connectivity index (χ1n) is 9.82. The quantitative estimate of drug-likeness (QED) is 0.522. The number of amides is 1. The number of rotatable bonds is 6. The van der Waals surface area contributed by atoms with Gasteiger partial charge in [-0.05, 0) is 31.4 Å². The number of fused-ring (bicyclic) bond motifs is 3. The molecule has 4 rings (SSSR count). The lowest BCUT2D eigenvalue weighted by atomic mass is 10.1. The summed E-state index contributed by atoms with van der Waals surface area (Å²) >= 11 is 1.57. The monoisotopic (exact) mass is 405 g/mol. The normalized spacial score (nSPS) is 12.3. The van der Waals surface area contributed by atoms with Crippen molar-refractivity contribution in [3.63, 3.8) is 0 Å². The van der Waals surface area contributed by atoms with E-state index < -0.39 is 6.04 Å². The molecular weight excluding hydrogens is 382 g/mol. The maximum atomic E-state index is 13.3. The van der Waals surface area contributed by atoms with Crippen molar-refractivity contribution in [2.45, 2.75) is 32.7 Å². The first-order chi connectivity index (χ1) is 14.1. The van der Waals surface area contributed by atoms with Gasteiger partial charge in [0.15, 0.2) is 0 Å². The summed E-state index contributed by atoms with van der Waals surface area (Å²) in [5, 5.41) is 9.07. The summed E-state index contributed by atoms with van der Waals surface area (Å²) in [6, 6.07) is 17.3. The van der Waals surface area contributed by atoms with E-state index in [1.807, 2.05) is 68.4 Å². The molecule has 1 N–H and O–H groups in total. The van der Waals surface area contributed by atoms with E-state index in [2.05, 4.69) is 10.4 Å². The molecule has 1 amide bonds. The zero-order valence-corrected chi connectivity index (χ0v) is 17.3. The van der Waals surface area contributed by atoms with Gasteiger partial charge in [0, 0.05) is 16.6 Å². The topological polar surface area (TPSA) is 64.0 Å². The lowest BCUT2D eigenvalue weighted by Gasteiger charge is -2.17. The molecule has 0 aliphatic heterocycles. The molecule has 0 aliphatic carbocycles. The van der Waals surface area contributed by atoms with Crippen molar-refractivity contribution in [1.82, 2.24) is 15.1 Å². The molecule has 2 heterocycles. The summed E-state index contributed by atoms with van der Waals surface area (Å²) in [5.41, 5.74) is 1.74. The minimum atomic E-state index is -0.625. The fourth-order valence-electron chi connectivity index (χ4n) is 3.65. The third-order valence-corrected chi connectivity index (χ3v) is 6.42. The van der Waals surface area contributed by atoms with Gasteiger partial charge in [-0.15, -0.1) is 11.3 Å². The van der Waals surface area contributed by atoms with Crippen molar-refractivity contribution in [3.05, 3.63) is 76.2 Å². The summed E-state index contributed by atoms with van der Waals surface area (Å²) < 4.78 is 3.32. The Bertz CT molecular complexity index is 1230. The van der Waals surface area contributed by atoms with Crippen molar-refractivity contribution in [2.24, 2.45) is 0 Å². The largest absolute Gasteiger partial charge is 0.354 e. The minimum absolute atomic E-state index is 0.170. The van der Waals surface area contributed by atoms with E-state index in [-0.39, 0.29) is 11.5 Å². The predicted molar refractivity (Wildman–Crippen MR) is 119 cm³/mol. The second kappa shape index (κ2) is 8.17. The average molecular weight is 406 g/mol. The van der Waals surface area contributed by atoms with Crippen LogP contribution in [-0.2, 0) is 11.2 Å². The summed E-state index contributed by atoms with van der Waals surface area (Å²) in [5.74, 6) is -0.170. The van der Waals surface area contributed by atoms with Gasteiger partial charge in [0.2, 0.25) is 5.91 Å². The van der Waals surface area contributed by atoms with Crippen molar-refractivity contribution < 1.29 is 4.79 Å². The Morgan fingerprint density at radius 2 is 1.86 bits per heavy atom. The van der Waals surface area contributed by atoms with Crippen molar-refractivity contribution >= 4 is 37.4 Å². The number of carbonyl (C=O) groups excluding carboxylic acids is 1. The second-order valence-corrected chi connectivity index (χ2v) is 8.14. The standard InChI is InChI=1S/C23H23N3O2S/c1-3-18(22(27)24-14-13-16-9-5-4-6-10-16)26-23(28)20-17-11-7-8-12-19(17)29-21(20)15(2)25-26/h4-12,18H,3,13-14H2,1-2H3,(H,24,27)/t18-/m0/s1. The van der Waals surface area contributed by atoms with E-state index in [4.69, 9.17) is 0 Å². The van der Waals surface area contributed by atoms with Crippen LogP contribution in [0.4, 0.5) is 0 Å². The Morgan fingerprint density at radius 1 is 1.14 bits per heavy atom. The van der Waals surface area contributed by atoms with Crippen LogP contribution in [0, 0.1) is 6.92 Å². The highest BCUT2D eigenvalue weighted by molar-refractivity contribution is 7.26. The Hall–Kier alpha value is -2.99. The number of nitrogens with one attached hydrogen (secondary N) is 1. The molecule has 6 heteroatoms. The number of nitrogens with zero attached hydrogens (tertiary/aromatic N) is 2. The van der Waals surface area contributed by atoms with E-state index in [9.17, 15) is 9.59 Å². The lowest BCUT2D eigenvalue weighted by molar-refractivity contribution is -0.124. The van der Waals surface area contributed by atoms with Crippen molar-refractivity contribution in [2.75, 3.05) is 6.54 Å².